The Labute approximate surface area is 198 Å². The summed E-state index contributed by atoms with van der Waals surface area (Å²) in [6, 6.07) is 11.8. The van der Waals surface area contributed by atoms with E-state index in [1.54, 1.807) is 0 Å². The molecule has 8 heteroatoms. The smallest absolute Gasteiger partial charge is 0.370 e. The maximum atomic E-state index is 13.1. The number of amides is 1. The van der Waals surface area contributed by atoms with Gasteiger partial charge < -0.3 is 19.7 Å². The predicted molar refractivity (Wildman–Crippen MR) is 130 cm³/mol. The van der Waals surface area contributed by atoms with Gasteiger partial charge in [0, 0.05) is 42.6 Å². The highest BCUT2D eigenvalue weighted by molar-refractivity contribution is 5.86. The highest BCUT2D eigenvalue weighted by Crippen LogP contribution is 2.34. The Hall–Kier alpha value is -3.00. The first-order valence-electron chi connectivity index (χ1n) is 11.6. The number of unbranched alkanes of at least 4 members (excludes halogenated alkanes) is 1. The normalized spacial score (nSPS) is 14.6. The maximum absolute atomic E-state index is 13.1. The van der Waals surface area contributed by atoms with Gasteiger partial charge in [0.05, 0.1) is 17.0 Å². The topological polar surface area (TPSA) is 40.5 Å². The van der Waals surface area contributed by atoms with Crippen LogP contribution in [-0.4, -0.2) is 55.6 Å². The fraction of sp³-hybridized carbons (Fsp3) is 0.423. The number of nitrogens with one attached hydrogen (secondary N) is 1. The number of rotatable bonds is 8. The lowest BCUT2D eigenvalue weighted by Gasteiger charge is -2.40. The predicted octanol–water partition coefficient (Wildman–Crippen LogP) is 4.85. The molecule has 0 saturated carbocycles. The first kappa shape index (κ1) is 24.1. The van der Waals surface area contributed by atoms with E-state index in [1.807, 2.05) is 56.0 Å². The van der Waals surface area contributed by atoms with Crippen molar-refractivity contribution in [3.63, 3.8) is 0 Å². The molecule has 0 atom stereocenters. The largest absolute Gasteiger partial charge is 0.416 e. The third-order valence-electron chi connectivity index (χ3n) is 6.39. The molecule has 182 valence electrons. The van der Waals surface area contributed by atoms with Crippen LogP contribution in [0, 0.1) is 12.8 Å². The van der Waals surface area contributed by atoms with E-state index in [0.717, 1.165) is 47.9 Å². The van der Waals surface area contributed by atoms with Gasteiger partial charge in [-0.25, -0.2) is 0 Å². The van der Waals surface area contributed by atoms with Crippen molar-refractivity contribution in [1.29, 1.82) is 0 Å². The van der Waals surface area contributed by atoms with Gasteiger partial charge in [-0.2, -0.15) is 13.2 Å². The Morgan fingerprint density at radius 3 is 2.53 bits per heavy atom. The van der Waals surface area contributed by atoms with Crippen LogP contribution in [0.15, 0.2) is 48.7 Å². The van der Waals surface area contributed by atoms with Gasteiger partial charge in [0.2, 0.25) is 5.91 Å². The molecule has 4 rings (SSSR count). The lowest BCUT2D eigenvalue weighted by atomic mass is 9.98. The van der Waals surface area contributed by atoms with Gasteiger partial charge in [0.15, 0.2) is 0 Å². The number of aryl methyl sites for hydroxylation is 1. The number of aromatic nitrogens is 1. The average Bonchev–Trinajstić information content (AvgIpc) is 3.08. The summed E-state index contributed by atoms with van der Waals surface area (Å²) in [4.78, 5) is 16.7. The number of hydrogen-bond acceptors (Lipinski definition) is 3. The Balaban J connectivity index is 1.41. The molecule has 0 radical (unpaired) electrons. The van der Waals surface area contributed by atoms with Crippen molar-refractivity contribution in [2.45, 2.75) is 25.9 Å². The van der Waals surface area contributed by atoms with Gasteiger partial charge in [0.25, 0.3) is 0 Å². The number of benzene rings is 2. The summed E-state index contributed by atoms with van der Waals surface area (Å²) >= 11 is 0. The molecule has 1 aliphatic rings. The lowest BCUT2D eigenvalue weighted by Crippen LogP contribution is -2.53. The molecule has 0 spiro atoms. The quantitative estimate of drug-likeness (QED) is 0.477. The van der Waals surface area contributed by atoms with Crippen LogP contribution in [0.1, 0.15) is 24.0 Å². The van der Waals surface area contributed by atoms with Crippen molar-refractivity contribution in [3.05, 3.63) is 59.8 Å². The van der Waals surface area contributed by atoms with Gasteiger partial charge in [-0.1, -0.05) is 6.07 Å². The molecule has 5 nitrogen and oxygen atoms in total. The van der Waals surface area contributed by atoms with Gasteiger partial charge in [-0.05, 0) is 82.4 Å². The molecular weight excluding hydrogens is 441 g/mol. The van der Waals surface area contributed by atoms with E-state index in [1.165, 1.54) is 12.1 Å². The van der Waals surface area contributed by atoms with Crippen molar-refractivity contribution in [3.8, 4) is 5.69 Å². The summed E-state index contributed by atoms with van der Waals surface area (Å²) < 4.78 is 41.3. The van der Waals surface area contributed by atoms with E-state index < -0.39 is 11.7 Å². The standard InChI is InChI=1S/C26H31F3N4O/c1-18-15-33(24-10-9-20(13-23(18)24)26(27,28)29)22-8-6-7-21(14-22)32-16-19(17-32)25(34)30-11-4-5-12-31(2)3/h6-10,13-15,19H,4-5,11-12,16-17H2,1-3H3,(H,30,34). The zero-order chi connectivity index (χ0) is 24.5. The Bertz CT molecular complexity index is 1160. The minimum atomic E-state index is -4.37. The van der Waals surface area contributed by atoms with E-state index in [-0.39, 0.29) is 11.8 Å². The monoisotopic (exact) mass is 472 g/mol. The molecule has 0 unspecified atom stereocenters. The summed E-state index contributed by atoms with van der Waals surface area (Å²) in [5.74, 6) is 0.0812. The number of alkyl halides is 3. The fourth-order valence-electron chi connectivity index (χ4n) is 4.39. The maximum Gasteiger partial charge on any atom is 0.416 e. The molecule has 3 aromatic rings. The first-order chi connectivity index (χ1) is 16.1. The van der Waals surface area contributed by atoms with Gasteiger partial charge >= 0.3 is 6.18 Å². The third-order valence-corrected chi connectivity index (χ3v) is 6.39. The number of anilines is 1. The summed E-state index contributed by atoms with van der Waals surface area (Å²) in [6.07, 6.45) is -0.471. The van der Waals surface area contributed by atoms with Crippen LogP contribution >= 0.6 is 0 Å². The van der Waals surface area contributed by atoms with Crippen molar-refractivity contribution in [2.24, 2.45) is 5.92 Å². The van der Waals surface area contributed by atoms with Gasteiger partial charge in [-0.3, -0.25) is 4.79 Å². The molecule has 1 aromatic heterocycles. The molecular formula is C26H31F3N4O. The van der Waals surface area contributed by atoms with Crippen molar-refractivity contribution in [2.75, 3.05) is 45.2 Å². The molecule has 0 bridgehead atoms. The number of hydrogen-bond donors (Lipinski definition) is 1. The van der Waals surface area contributed by atoms with E-state index in [4.69, 9.17) is 0 Å². The van der Waals surface area contributed by atoms with Crippen LogP contribution in [0.4, 0.5) is 18.9 Å². The third kappa shape index (κ3) is 5.22. The van der Waals surface area contributed by atoms with Gasteiger partial charge in [0.1, 0.15) is 0 Å². The van der Waals surface area contributed by atoms with E-state index >= 15 is 0 Å². The SMILES string of the molecule is Cc1cn(-c2cccc(N3CC(C(=O)NCCCCN(C)C)C3)c2)c2ccc(C(F)(F)F)cc12. The van der Waals surface area contributed by atoms with E-state index in [0.29, 0.717) is 25.0 Å². The number of carbonyl (C=O) groups excluding carboxylic acids is 1. The van der Waals surface area contributed by atoms with Crippen molar-refractivity contribution in [1.82, 2.24) is 14.8 Å². The Kier molecular flexibility index (Phi) is 6.89. The second-order valence-electron chi connectivity index (χ2n) is 9.33. The number of halogens is 3. The molecule has 1 N–H and O–H groups in total. The molecule has 34 heavy (non-hydrogen) atoms. The Morgan fingerprint density at radius 1 is 1.09 bits per heavy atom. The second kappa shape index (κ2) is 9.70. The minimum absolute atomic E-state index is 0.0204. The first-order valence-corrected chi connectivity index (χ1v) is 11.6. The van der Waals surface area contributed by atoms with E-state index in [2.05, 4.69) is 15.1 Å². The Morgan fingerprint density at radius 2 is 1.82 bits per heavy atom. The summed E-state index contributed by atoms with van der Waals surface area (Å²) in [6.45, 7) is 4.86. The number of fused-ring (bicyclic) bond motifs is 1. The number of nitrogens with zero attached hydrogens (tertiary/aromatic N) is 3. The van der Waals surface area contributed by atoms with Crippen molar-refractivity contribution < 1.29 is 18.0 Å². The van der Waals surface area contributed by atoms with Crippen LogP contribution in [0.5, 0.6) is 0 Å². The van der Waals surface area contributed by atoms with Crippen LogP contribution in [0.25, 0.3) is 16.6 Å². The molecule has 1 aliphatic heterocycles. The van der Waals surface area contributed by atoms with Crippen LogP contribution < -0.4 is 10.2 Å². The van der Waals surface area contributed by atoms with Crippen LogP contribution in [-0.2, 0) is 11.0 Å². The summed E-state index contributed by atoms with van der Waals surface area (Å²) in [7, 11) is 4.08. The zero-order valence-electron chi connectivity index (χ0n) is 19.8. The molecule has 2 aromatic carbocycles. The highest BCUT2D eigenvalue weighted by atomic mass is 19.4. The minimum Gasteiger partial charge on any atom is -0.370 e. The molecule has 1 saturated heterocycles. The lowest BCUT2D eigenvalue weighted by molar-refractivity contribution is -0.137. The van der Waals surface area contributed by atoms with Crippen molar-refractivity contribution >= 4 is 22.5 Å². The van der Waals surface area contributed by atoms with Crippen LogP contribution in [0.2, 0.25) is 0 Å². The fourth-order valence-corrected chi connectivity index (χ4v) is 4.39. The summed E-state index contributed by atoms with van der Waals surface area (Å²) in [5, 5.41) is 3.63. The summed E-state index contributed by atoms with van der Waals surface area (Å²) in [5.41, 5.74) is 2.76. The molecule has 1 amide bonds. The zero-order valence-corrected chi connectivity index (χ0v) is 19.8. The number of carbonyl (C=O) groups is 1. The molecule has 1 fully saturated rings. The van der Waals surface area contributed by atoms with Crippen LogP contribution in [0.3, 0.4) is 0 Å². The molecule has 0 aliphatic carbocycles. The molecule has 2 heterocycles. The van der Waals surface area contributed by atoms with Gasteiger partial charge in [-0.15, -0.1) is 0 Å². The van der Waals surface area contributed by atoms with E-state index in [9.17, 15) is 18.0 Å². The average molecular weight is 473 g/mol. The highest BCUT2D eigenvalue weighted by Gasteiger charge is 2.33. The second-order valence-corrected chi connectivity index (χ2v) is 9.33.